The second kappa shape index (κ2) is 5.19. The van der Waals surface area contributed by atoms with E-state index < -0.39 is 11.6 Å². The summed E-state index contributed by atoms with van der Waals surface area (Å²) in [6.45, 7) is 4.07. The van der Waals surface area contributed by atoms with E-state index in [1.807, 2.05) is 26.0 Å². The summed E-state index contributed by atoms with van der Waals surface area (Å²) in [5, 5.41) is 0. The molecule has 2 aromatic rings. The smallest absolute Gasteiger partial charge is 0.159 e. The summed E-state index contributed by atoms with van der Waals surface area (Å²) in [6, 6.07) is 10.0. The lowest BCUT2D eigenvalue weighted by Gasteiger charge is -2.13. The Morgan fingerprint density at radius 1 is 0.833 bits per heavy atom. The van der Waals surface area contributed by atoms with Crippen LogP contribution < -0.4 is 0 Å². The quantitative estimate of drug-likeness (QED) is 0.680. The first-order valence-electron chi connectivity index (χ1n) is 5.65. The van der Waals surface area contributed by atoms with Gasteiger partial charge in [0, 0.05) is 0 Å². The van der Waals surface area contributed by atoms with Crippen LogP contribution in [-0.2, 0) is 0 Å². The van der Waals surface area contributed by atoms with E-state index in [1.165, 1.54) is 17.2 Å². The second-order valence-corrected chi connectivity index (χ2v) is 5.30. The summed E-state index contributed by atoms with van der Waals surface area (Å²) in [7, 11) is 0. The molecule has 3 heteroatoms. The van der Waals surface area contributed by atoms with Gasteiger partial charge in [0.1, 0.15) is 0 Å². The van der Waals surface area contributed by atoms with Crippen molar-refractivity contribution in [1.29, 1.82) is 0 Å². The Labute approximate surface area is 114 Å². The van der Waals surface area contributed by atoms with E-state index >= 15 is 0 Å². The molecular formula is C15H13BrF2. The van der Waals surface area contributed by atoms with Crippen molar-refractivity contribution in [2.75, 3.05) is 0 Å². The van der Waals surface area contributed by atoms with E-state index in [0.29, 0.717) is 5.56 Å². The Balaban J connectivity index is 2.37. The van der Waals surface area contributed by atoms with Crippen LogP contribution >= 0.6 is 15.9 Å². The average molecular weight is 311 g/mol. The standard InChI is InChI=1S/C15H13BrF2/c1-9-3-4-11(7-10(9)2)15(16)12-5-6-13(17)14(18)8-12/h3-8,15H,1-2H3. The van der Waals surface area contributed by atoms with Crippen LogP contribution in [-0.4, -0.2) is 0 Å². The van der Waals surface area contributed by atoms with Crippen molar-refractivity contribution in [2.24, 2.45) is 0 Å². The predicted octanol–water partition coefficient (Wildman–Crippen LogP) is 5.07. The average Bonchev–Trinajstić information content (AvgIpc) is 2.35. The molecule has 0 bridgehead atoms. The molecule has 18 heavy (non-hydrogen) atoms. The Bertz CT molecular complexity index is 527. The van der Waals surface area contributed by atoms with Gasteiger partial charge in [-0.15, -0.1) is 0 Å². The van der Waals surface area contributed by atoms with Gasteiger partial charge in [0.15, 0.2) is 11.6 Å². The molecule has 0 N–H and O–H groups in total. The number of hydrogen-bond donors (Lipinski definition) is 0. The topological polar surface area (TPSA) is 0 Å². The van der Waals surface area contributed by atoms with Crippen molar-refractivity contribution < 1.29 is 8.78 Å². The number of aryl methyl sites for hydroxylation is 2. The molecule has 0 fully saturated rings. The highest BCUT2D eigenvalue weighted by atomic mass is 79.9. The normalized spacial score (nSPS) is 12.5. The van der Waals surface area contributed by atoms with Crippen LogP contribution in [0.2, 0.25) is 0 Å². The third-order valence-corrected chi connectivity index (χ3v) is 4.12. The molecule has 1 unspecified atom stereocenters. The van der Waals surface area contributed by atoms with Crippen molar-refractivity contribution in [2.45, 2.75) is 18.7 Å². The molecule has 0 nitrogen and oxygen atoms in total. The van der Waals surface area contributed by atoms with E-state index in [0.717, 1.165) is 11.6 Å². The van der Waals surface area contributed by atoms with Crippen LogP contribution in [0, 0.1) is 25.5 Å². The minimum atomic E-state index is -0.821. The van der Waals surface area contributed by atoms with Crippen molar-refractivity contribution in [3.8, 4) is 0 Å². The fourth-order valence-electron chi connectivity index (χ4n) is 1.78. The molecular weight excluding hydrogens is 298 g/mol. The summed E-state index contributed by atoms with van der Waals surface area (Å²) in [5.41, 5.74) is 4.13. The first kappa shape index (κ1) is 13.2. The molecule has 0 radical (unpaired) electrons. The first-order valence-corrected chi connectivity index (χ1v) is 6.57. The molecule has 2 rings (SSSR count). The van der Waals surface area contributed by atoms with Gasteiger partial charge in [-0.1, -0.05) is 40.2 Å². The number of benzene rings is 2. The molecule has 0 heterocycles. The van der Waals surface area contributed by atoms with Crippen LogP contribution in [0.15, 0.2) is 36.4 Å². The van der Waals surface area contributed by atoms with Crippen LogP contribution in [0.5, 0.6) is 0 Å². The number of halogens is 3. The highest BCUT2D eigenvalue weighted by molar-refractivity contribution is 9.09. The van der Waals surface area contributed by atoms with Crippen molar-refractivity contribution >= 4 is 15.9 Å². The van der Waals surface area contributed by atoms with Gasteiger partial charge in [0.25, 0.3) is 0 Å². The zero-order valence-corrected chi connectivity index (χ0v) is 11.8. The van der Waals surface area contributed by atoms with Gasteiger partial charge in [-0.05, 0) is 48.2 Å². The van der Waals surface area contributed by atoms with Gasteiger partial charge >= 0.3 is 0 Å². The Kier molecular flexibility index (Phi) is 3.81. The summed E-state index contributed by atoms with van der Waals surface area (Å²) in [6.07, 6.45) is 0. The predicted molar refractivity (Wildman–Crippen MR) is 73.0 cm³/mol. The lowest BCUT2D eigenvalue weighted by Crippen LogP contribution is -1.96. The van der Waals surface area contributed by atoms with E-state index in [9.17, 15) is 8.78 Å². The van der Waals surface area contributed by atoms with Gasteiger partial charge < -0.3 is 0 Å². The summed E-state index contributed by atoms with van der Waals surface area (Å²) in [4.78, 5) is -0.133. The molecule has 94 valence electrons. The first-order chi connectivity index (χ1) is 8.49. The highest BCUT2D eigenvalue weighted by Crippen LogP contribution is 2.32. The van der Waals surface area contributed by atoms with E-state index in [1.54, 1.807) is 6.07 Å². The lowest BCUT2D eigenvalue weighted by molar-refractivity contribution is 0.507. The van der Waals surface area contributed by atoms with Crippen LogP contribution in [0.25, 0.3) is 0 Å². The van der Waals surface area contributed by atoms with Crippen molar-refractivity contribution in [3.63, 3.8) is 0 Å². The monoisotopic (exact) mass is 310 g/mol. The third-order valence-electron chi connectivity index (χ3n) is 3.06. The summed E-state index contributed by atoms with van der Waals surface area (Å²) < 4.78 is 26.1. The van der Waals surface area contributed by atoms with Crippen LogP contribution in [0.4, 0.5) is 8.78 Å². The number of rotatable bonds is 2. The maximum absolute atomic E-state index is 13.2. The zero-order valence-electron chi connectivity index (χ0n) is 10.2. The molecule has 0 aliphatic rings. The molecule has 0 aliphatic carbocycles. The third kappa shape index (κ3) is 2.61. The molecule has 0 amide bonds. The molecule has 0 aliphatic heterocycles. The van der Waals surface area contributed by atoms with Gasteiger partial charge in [-0.2, -0.15) is 0 Å². The van der Waals surface area contributed by atoms with Gasteiger partial charge in [0.2, 0.25) is 0 Å². The molecule has 0 saturated carbocycles. The molecule has 2 aromatic carbocycles. The molecule has 1 atom stereocenters. The zero-order chi connectivity index (χ0) is 13.3. The Morgan fingerprint density at radius 2 is 1.44 bits per heavy atom. The van der Waals surface area contributed by atoms with Gasteiger partial charge in [0.05, 0.1) is 4.83 Å². The van der Waals surface area contributed by atoms with E-state index in [4.69, 9.17) is 0 Å². The lowest BCUT2D eigenvalue weighted by atomic mass is 10.0. The van der Waals surface area contributed by atoms with E-state index in [2.05, 4.69) is 22.0 Å². The Morgan fingerprint density at radius 3 is 2.06 bits per heavy atom. The summed E-state index contributed by atoms with van der Waals surface area (Å²) >= 11 is 3.52. The molecule has 0 saturated heterocycles. The maximum atomic E-state index is 13.2. The molecule has 0 spiro atoms. The maximum Gasteiger partial charge on any atom is 0.159 e. The number of alkyl halides is 1. The minimum Gasteiger partial charge on any atom is -0.204 e. The Hall–Kier alpha value is -1.22. The van der Waals surface area contributed by atoms with Gasteiger partial charge in [-0.3, -0.25) is 0 Å². The number of hydrogen-bond acceptors (Lipinski definition) is 0. The second-order valence-electron chi connectivity index (χ2n) is 4.38. The molecule has 0 aromatic heterocycles. The van der Waals surface area contributed by atoms with Crippen molar-refractivity contribution in [3.05, 3.63) is 70.3 Å². The van der Waals surface area contributed by atoms with Crippen LogP contribution in [0.3, 0.4) is 0 Å². The minimum absolute atomic E-state index is 0.133. The largest absolute Gasteiger partial charge is 0.204 e. The summed E-state index contributed by atoms with van der Waals surface area (Å²) in [5.74, 6) is -1.64. The highest BCUT2D eigenvalue weighted by Gasteiger charge is 2.13. The SMILES string of the molecule is Cc1ccc(C(Br)c2ccc(F)c(F)c2)cc1C. The van der Waals surface area contributed by atoms with E-state index in [-0.39, 0.29) is 4.83 Å². The van der Waals surface area contributed by atoms with Crippen LogP contribution in [0.1, 0.15) is 27.1 Å². The van der Waals surface area contributed by atoms with Crippen molar-refractivity contribution in [1.82, 2.24) is 0 Å². The van der Waals surface area contributed by atoms with Gasteiger partial charge in [-0.25, -0.2) is 8.78 Å². The fourth-order valence-corrected chi connectivity index (χ4v) is 2.35. The fraction of sp³-hybridized carbons (Fsp3) is 0.200.